The van der Waals surface area contributed by atoms with Crippen molar-refractivity contribution in [2.24, 2.45) is 0 Å². The third kappa shape index (κ3) is 4.40. The van der Waals surface area contributed by atoms with Crippen LogP contribution in [0.3, 0.4) is 0 Å². The predicted octanol–water partition coefficient (Wildman–Crippen LogP) is 3.20. The molecule has 0 aliphatic carbocycles. The lowest BCUT2D eigenvalue weighted by Gasteiger charge is -2.42. The molecule has 0 unspecified atom stereocenters. The molecule has 0 aromatic heterocycles. The van der Waals surface area contributed by atoms with Gasteiger partial charge in [0.25, 0.3) is 5.91 Å². The van der Waals surface area contributed by atoms with Gasteiger partial charge in [-0.15, -0.1) is 0 Å². The van der Waals surface area contributed by atoms with Gasteiger partial charge in [-0.25, -0.2) is 0 Å². The normalized spacial score (nSPS) is 23.9. The molecule has 2 aromatic carbocycles. The Morgan fingerprint density at radius 2 is 1.88 bits per heavy atom. The smallest absolute Gasteiger partial charge is 0.255 e. The Kier molecular flexibility index (Phi) is 6.17. The molecule has 2 aromatic rings. The van der Waals surface area contributed by atoms with Gasteiger partial charge in [-0.2, -0.15) is 0 Å². The van der Waals surface area contributed by atoms with Crippen molar-refractivity contribution in [1.82, 2.24) is 15.1 Å². The molecule has 0 saturated carbocycles. The minimum atomic E-state index is -0.137. The van der Waals surface area contributed by atoms with Crippen molar-refractivity contribution in [3.8, 4) is 5.75 Å². The van der Waals surface area contributed by atoms with E-state index >= 15 is 0 Å². The lowest BCUT2D eigenvalue weighted by Crippen LogP contribution is -2.55. The standard InChI is InChI=1S/C26H33N3O3/c1-26(10-3-11-27-19-26)29-17-23-22(25(29)30)4-2-5-24(23)32-18-21-8-6-20(7-9-21)16-28-12-14-31-15-13-28/h2,4-9,27H,3,10-19H2,1H3/t26-/m0/s1. The zero-order valence-corrected chi connectivity index (χ0v) is 18.9. The van der Waals surface area contributed by atoms with E-state index < -0.39 is 0 Å². The van der Waals surface area contributed by atoms with Crippen molar-refractivity contribution < 1.29 is 14.3 Å². The van der Waals surface area contributed by atoms with Crippen LogP contribution in [0, 0.1) is 0 Å². The summed E-state index contributed by atoms with van der Waals surface area (Å²) in [5, 5.41) is 3.46. The summed E-state index contributed by atoms with van der Waals surface area (Å²) >= 11 is 0. The van der Waals surface area contributed by atoms with Crippen LogP contribution in [0.2, 0.25) is 0 Å². The number of fused-ring (bicyclic) bond motifs is 1. The largest absolute Gasteiger partial charge is 0.489 e. The summed E-state index contributed by atoms with van der Waals surface area (Å²) in [5.74, 6) is 0.951. The number of hydrogen-bond acceptors (Lipinski definition) is 5. The van der Waals surface area contributed by atoms with Crippen LogP contribution in [-0.4, -0.2) is 60.6 Å². The average molecular weight is 436 g/mol. The summed E-state index contributed by atoms with van der Waals surface area (Å²) in [6.07, 6.45) is 2.13. The number of carbonyl (C=O) groups excluding carboxylic acids is 1. The van der Waals surface area contributed by atoms with E-state index in [0.29, 0.717) is 13.2 Å². The van der Waals surface area contributed by atoms with E-state index in [1.807, 2.05) is 23.1 Å². The van der Waals surface area contributed by atoms with E-state index in [1.165, 1.54) is 5.56 Å². The van der Waals surface area contributed by atoms with Crippen LogP contribution >= 0.6 is 0 Å². The number of nitrogens with one attached hydrogen (secondary N) is 1. The molecule has 3 aliphatic rings. The summed E-state index contributed by atoms with van der Waals surface area (Å²) in [6, 6.07) is 14.5. The second-order valence-corrected chi connectivity index (χ2v) is 9.44. The lowest BCUT2D eigenvalue weighted by atomic mass is 9.90. The number of amides is 1. The molecule has 0 bridgehead atoms. The maximum Gasteiger partial charge on any atom is 0.255 e. The van der Waals surface area contributed by atoms with E-state index in [2.05, 4.69) is 41.4 Å². The molecule has 0 radical (unpaired) electrons. The van der Waals surface area contributed by atoms with Crippen LogP contribution in [-0.2, 0) is 24.4 Å². The molecule has 2 fully saturated rings. The first-order chi connectivity index (χ1) is 15.6. The number of carbonyl (C=O) groups is 1. The minimum Gasteiger partial charge on any atom is -0.489 e. The zero-order chi connectivity index (χ0) is 22.0. The molecule has 1 N–H and O–H groups in total. The van der Waals surface area contributed by atoms with Gasteiger partial charge < -0.3 is 19.7 Å². The van der Waals surface area contributed by atoms with Crippen LogP contribution in [0.5, 0.6) is 5.75 Å². The molecule has 6 nitrogen and oxygen atoms in total. The Labute approximate surface area is 190 Å². The Bertz CT molecular complexity index is 947. The lowest BCUT2D eigenvalue weighted by molar-refractivity contribution is 0.0342. The van der Waals surface area contributed by atoms with Gasteiger partial charge in [0.05, 0.1) is 25.3 Å². The fourth-order valence-corrected chi connectivity index (χ4v) is 5.07. The number of ether oxygens (including phenoxy) is 2. The molecule has 3 aliphatic heterocycles. The summed E-state index contributed by atoms with van der Waals surface area (Å²) in [7, 11) is 0. The van der Waals surface area contributed by atoms with Crippen molar-refractivity contribution in [3.05, 3.63) is 64.7 Å². The highest BCUT2D eigenvalue weighted by Gasteiger charge is 2.42. The van der Waals surface area contributed by atoms with Crippen molar-refractivity contribution in [2.75, 3.05) is 39.4 Å². The van der Waals surface area contributed by atoms with Gasteiger partial charge in [-0.3, -0.25) is 9.69 Å². The van der Waals surface area contributed by atoms with Crippen LogP contribution in [0.25, 0.3) is 0 Å². The van der Waals surface area contributed by atoms with Gasteiger partial charge >= 0.3 is 0 Å². The molecule has 170 valence electrons. The predicted molar refractivity (Wildman–Crippen MR) is 124 cm³/mol. The van der Waals surface area contributed by atoms with Gasteiger partial charge in [0.15, 0.2) is 0 Å². The van der Waals surface area contributed by atoms with E-state index in [9.17, 15) is 4.79 Å². The minimum absolute atomic E-state index is 0.129. The SMILES string of the molecule is C[C@]1(N2Cc3c(OCc4ccc(CN5CCOCC5)cc4)cccc3C2=O)CCCNC1. The number of piperidine rings is 1. The molecule has 3 heterocycles. The van der Waals surface area contributed by atoms with Crippen molar-refractivity contribution in [2.45, 2.75) is 45.0 Å². The quantitative estimate of drug-likeness (QED) is 0.755. The zero-order valence-electron chi connectivity index (χ0n) is 18.9. The van der Waals surface area contributed by atoms with Crippen molar-refractivity contribution in [3.63, 3.8) is 0 Å². The molecule has 1 atom stereocenters. The second kappa shape index (κ2) is 9.22. The third-order valence-corrected chi connectivity index (χ3v) is 7.08. The Hall–Kier alpha value is -2.41. The third-order valence-electron chi connectivity index (χ3n) is 7.08. The molecular weight excluding hydrogens is 402 g/mol. The Balaban J connectivity index is 1.23. The van der Waals surface area contributed by atoms with E-state index in [4.69, 9.17) is 9.47 Å². The Morgan fingerprint density at radius 1 is 1.09 bits per heavy atom. The number of nitrogens with zero attached hydrogens (tertiary/aromatic N) is 2. The summed E-state index contributed by atoms with van der Waals surface area (Å²) in [6.45, 7) is 9.80. The summed E-state index contributed by atoms with van der Waals surface area (Å²) in [5.41, 5.74) is 4.12. The van der Waals surface area contributed by atoms with E-state index in [-0.39, 0.29) is 11.4 Å². The number of morpholine rings is 1. The average Bonchev–Trinajstić information content (AvgIpc) is 3.18. The highest BCUT2D eigenvalue weighted by molar-refractivity contribution is 5.99. The number of rotatable bonds is 6. The van der Waals surface area contributed by atoms with Gasteiger partial charge in [-0.1, -0.05) is 30.3 Å². The number of hydrogen-bond donors (Lipinski definition) is 1. The second-order valence-electron chi connectivity index (χ2n) is 9.44. The van der Waals surface area contributed by atoms with Crippen LogP contribution in [0.1, 0.15) is 46.8 Å². The van der Waals surface area contributed by atoms with Gasteiger partial charge in [-0.05, 0) is 49.6 Å². The molecular formula is C26H33N3O3. The van der Waals surface area contributed by atoms with Gasteiger partial charge in [0, 0.05) is 37.3 Å². The van der Waals surface area contributed by atoms with Crippen LogP contribution in [0.15, 0.2) is 42.5 Å². The highest BCUT2D eigenvalue weighted by atomic mass is 16.5. The first-order valence-electron chi connectivity index (χ1n) is 11.8. The summed E-state index contributed by atoms with van der Waals surface area (Å²) in [4.78, 5) is 17.6. The molecule has 5 rings (SSSR count). The van der Waals surface area contributed by atoms with Crippen molar-refractivity contribution in [1.29, 1.82) is 0 Å². The van der Waals surface area contributed by atoms with E-state index in [1.54, 1.807) is 0 Å². The fraction of sp³-hybridized carbons (Fsp3) is 0.500. The Morgan fingerprint density at radius 3 is 2.62 bits per heavy atom. The van der Waals surface area contributed by atoms with Crippen LogP contribution in [0.4, 0.5) is 0 Å². The maximum atomic E-state index is 13.2. The molecule has 32 heavy (non-hydrogen) atoms. The molecule has 2 saturated heterocycles. The fourth-order valence-electron chi connectivity index (χ4n) is 5.07. The van der Waals surface area contributed by atoms with Crippen molar-refractivity contribution >= 4 is 5.91 Å². The topological polar surface area (TPSA) is 54.0 Å². The molecule has 6 heteroatoms. The molecule has 1 amide bonds. The van der Waals surface area contributed by atoms with Crippen LogP contribution < -0.4 is 10.1 Å². The first kappa shape index (κ1) is 21.4. The monoisotopic (exact) mass is 435 g/mol. The highest BCUT2D eigenvalue weighted by Crippen LogP contribution is 2.37. The maximum absolute atomic E-state index is 13.2. The van der Waals surface area contributed by atoms with E-state index in [0.717, 1.165) is 81.2 Å². The first-order valence-corrected chi connectivity index (χ1v) is 11.8. The van der Waals surface area contributed by atoms with Gasteiger partial charge in [0.2, 0.25) is 0 Å². The summed E-state index contributed by atoms with van der Waals surface area (Å²) < 4.78 is 11.7. The number of benzene rings is 2. The van der Waals surface area contributed by atoms with Gasteiger partial charge in [0.1, 0.15) is 12.4 Å². The molecule has 0 spiro atoms.